The van der Waals surface area contributed by atoms with E-state index in [9.17, 15) is 0 Å². The van der Waals surface area contributed by atoms with Gasteiger partial charge in [0.2, 0.25) is 0 Å². The van der Waals surface area contributed by atoms with Gasteiger partial charge in [0.15, 0.2) is 0 Å². The summed E-state index contributed by atoms with van der Waals surface area (Å²) in [7, 11) is 0. The topological polar surface area (TPSA) is 32.8 Å². The van der Waals surface area contributed by atoms with Crippen LogP contribution in [0.1, 0.15) is 72.2 Å². The third kappa shape index (κ3) is 8.85. The van der Waals surface area contributed by atoms with Gasteiger partial charge in [-0.15, -0.1) is 0 Å². The van der Waals surface area contributed by atoms with E-state index in [2.05, 4.69) is 377 Å². The minimum atomic E-state index is -0.529. The molecule has 4 aliphatic rings. The van der Waals surface area contributed by atoms with Gasteiger partial charge in [0.1, 0.15) is 22.3 Å². The maximum atomic E-state index is 6.59. The van der Waals surface area contributed by atoms with Gasteiger partial charge in [-0.3, -0.25) is 0 Å². The predicted octanol–water partition coefficient (Wildman–Crippen LogP) is 28.0. The largest absolute Gasteiger partial charge is 0.455 e. The van der Waals surface area contributed by atoms with Crippen molar-refractivity contribution in [1.29, 1.82) is 0 Å². The molecule has 16 aromatic carbocycles. The number of benzene rings is 16. The first-order valence-electron chi connectivity index (χ1n) is 37.4. The Morgan fingerprint density at radius 3 is 1.05 bits per heavy atom. The zero-order valence-electron chi connectivity index (χ0n) is 59.7. The maximum absolute atomic E-state index is 6.59. The molecule has 4 nitrogen and oxygen atoms in total. The third-order valence-corrected chi connectivity index (χ3v) is 24.3. The lowest BCUT2D eigenvalue weighted by Gasteiger charge is -2.33. The standard InChI is InChI=1S/C103H70N2O2/c1-101(2)88-34-14-8-24-76(88)81-56-51-71(61-93(81)101)105(72-52-57-83-79-27-11-17-37-91(79)103(95(83)62-72)89-35-15-9-25-77(89)78-26-10-16-36-90(78)103)96-59-67(44-53-73(96)63-22-6-5-7-23-63)66-45-54-80-82-55-50-70(60-94(82)102(3,4)92(80)58-66)104(68-46-40-64(41-47-68)74-30-20-32-86-84-28-12-18-38-97(84)106-99(74)86)69-48-42-65(43-49-69)75-31-21-33-87-85-29-13-19-39-98(85)107-100(75)87/h5-62H,1-4H3. The lowest BCUT2D eigenvalue weighted by atomic mass is 9.70. The van der Waals surface area contributed by atoms with E-state index >= 15 is 0 Å². The van der Waals surface area contributed by atoms with E-state index in [0.717, 1.165) is 123 Å². The van der Waals surface area contributed by atoms with Crippen LogP contribution in [-0.2, 0) is 16.2 Å². The molecule has 0 unspecified atom stereocenters. The first-order chi connectivity index (χ1) is 52.6. The second-order valence-corrected chi connectivity index (χ2v) is 30.6. The highest BCUT2D eigenvalue weighted by atomic mass is 16.3. The lowest BCUT2D eigenvalue weighted by molar-refractivity contribution is 0.660. The van der Waals surface area contributed by atoms with Crippen LogP contribution in [-0.4, -0.2) is 0 Å². The number of nitrogens with zero attached hydrogens (tertiary/aromatic N) is 2. The van der Waals surface area contributed by atoms with E-state index in [1.807, 2.05) is 12.1 Å². The Bertz CT molecular complexity index is 6540. The molecular weight excluding hydrogens is 1300 g/mol. The number of fused-ring (bicyclic) bond motifs is 22. The van der Waals surface area contributed by atoms with Crippen molar-refractivity contribution in [3.05, 3.63) is 396 Å². The Morgan fingerprint density at radius 2 is 0.533 bits per heavy atom. The summed E-state index contributed by atoms with van der Waals surface area (Å²) in [5, 5.41) is 4.47. The number of anilines is 6. The molecule has 0 saturated carbocycles. The van der Waals surface area contributed by atoms with E-state index in [4.69, 9.17) is 8.83 Å². The van der Waals surface area contributed by atoms with Gasteiger partial charge in [0, 0.05) is 77.5 Å². The van der Waals surface area contributed by atoms with Gasteiger partial charge >= 0.3 is 0 Å². The van der Waals surface area contributed by atoms with Crippen molar-refractivity contribution in [2.75, 3.05) is 9.80 Å². The Kier molecular flexibility index (Phi) is 13.1. The molecule has 0 saturated heterocycles. The molecule has 0 amide bonds. The normalized spacial score (nSPS) is 14.0. The number of rotatable bonds is 10. The molecule has 0 bridgehead atoms. The van der Waals surface area contributed by atoms with Crippen molar-refractivity contribution >= 4 is 78.0 Å². The molecule has 504 valence electrons. The number of furan rings is 2. The van der Waals surface area contributed by atoms with Gasteiger partial charge in [-0.25, -0.2) is 0 Å². The van der Waals surface area contributed by atoms with Crippen LogP contribution in [0.5, 0.6) is 0 Å². The fourth-order valence-corrected chi connectivity index (χ4v) is 19.3. The minimum absolute atomic E-state index is 0.232. The molecule has 22 rings (SSSR count). The smallest absolute Gasteiger partial charge is 0.143 e. The fraction of sp³-hybridized carbons (Fsp3) is 0.0680. The summed E-state index contributed by atoms with van der Waals surface area (Å²) in [4.78, 5) is 4.99. The Hall–Kier alpha value is -13.3. The van der Waals surface area contributed by atoms with Crippen LogP contribution in [0.15, 0.2) is 361 Å². The quantitative estimate of drug-likeness (QED) is 0.137. The summed E-state index contributed by atoms with van der Waals surface area (Å²) in [5.41, 5.74) is 38.6. The summed E-state index contributed by atoms with van der Waals surface area (Å²) in [6.45, 7) is 9.62. The van der Waals surface area contributed by atoms with E-state index in [1.54, 1.807) is 0 Å². The molecule has 4 aliphatic carbocycles. The van der Waals surface area contributed by atoms with Crippen LogP contribution in [0.4, 0.5) is 34.1 Å². The Balaban J connectivity index is 0.682. The molecule has 0 aliphatic heterocycles. The summed E-state index contributed by atoms with van der Waals surface area (Å²) in [6, 6.07) is 131. The maximum Gasteiger partial charge on any atom is 0.143 e. The fourth-order valence-electron chi connectivity index (χ4n) is 19.3. The summed E-state index contributed by atoms with van der Waals surface area (Å²) >= 11 is 0. The molecule has 2 heterocycles. The Labute approximate surface area is 622 Å². The van der Waals surface area contributed by atoms with Crippen molar-refractivity contribution in [2.24, 2.45) is 0 Å². The van der Waals surface area contributed by atoms with Crippen LogP contribution in [0.25, 0.3) is 133 Å². The monoisotopic (exact) mass is 1370 g/mol. The highest BCUT2D eigenvalue weighted by Gasteiger charge is 2.52. The predicted molar refractivity (Wildman–Crippen MR) is 444 cm³/mol. The molecule has 2 aromatic heterocycles. The first kappa shape index (κ1) is 61.2. The zero-order chi connectivity index (χ0) is 71.0. The third-order valence-electron chi connectivity index (χ3n) is 24.3. The number of para-hydroxylation sites is 4. The molecule has 0 fully saturated rings. The van der Waals surface area contributed by atoms with Crippen LogP contribution in [0.2, 0.25) is 0 Å². The van der Waals surface area contributed by atoms with Crippen LogP contribution in [0, 0.1) is 0 Å². The zero-order valence-corrected chi connectivity index (χ0v) is 59.7. The highest BCUT2D eigenvalue weighted by molar-refractivity contribution is 6.11. The van der Waals surface area contributed by atoms with Crippen LogP contribution < -0.4 is 9.80 Å². The van der Waals surface area contributed by atoms with E-state index in [1.165, 1.54) is 89.0 Å². The van der Waals surface area contributed by atoms with Crippen LogP contribution >= 0.6 is 0 Å². The highest BCUT2D eigenvalue weighted by Crippen LogP contribution is 2.64. The minimum Gasteiger partial charge on any atom is -0.455 e. The molecule has 0 N–H and O–H groups in total. The molecule has 4 heteroatoms. The molecule has 18 aromatic rings. The molecule has 107 heavy (non-hydrogen) atoms. The molecule has 1 spiro atoms. The average molecular weight is 1370 g/mol. The summed E-state index contributed by atoms with van der Waals surface area (Å²) in [5.74, 6) is 0. The number of hydrogen-bond acceptors (Lipinski definition) is 4. The first-order valence-corrected chi connectivity index (χ1v) is 37.4. The van der Waals surface area contributed by atoms with E-state index in [-0.39, 0.29) is 10.8 Å². The Morgan fingerprint density at radius 1 is 0.206 bits per heavy atom. The van der Waals surface area contributed by atoms with Gasteiger partial charge in [-0.05, 0) is 202 Å². The van der Waals surface area contributed by atoms with Gasteiger partial charge in [-0.1, -0.05) is 295 Å². The number of hydrogen-bond donors (Lipinski definition) is 0. The van der Waals surface area contributed by atoms with Crippen molar-refractivity contribution < 1.29 is 8.83 Å². The van der Waals surface area contributed by atoms with Crippen molar-refractivity contribution in [1.82, 2.24) is 0 Å². The van der Waals surface area contributed by atoms with E-state index < -0.39 is 5.41 Å². The van der Waals surface area contributed by atoms with Gasteiger partial charge < -0.3 is 18.6 Å². The van der Waals surface area contributed by atoms with Crippen molar-refractivity contribution in [3.63, 3.8) is 0 Å². The van der Waals surface area contributed by atoms with Gasteiger partial charge in [0.25, 0.3) is 0 Å². The van der Waals surface area contributed by atoms with Crippen molar-refractivity contribution in [3.8, 4) is 89.0 Å². The molecule has 0 radical (unpaired) electrons. The van der Waals surface area contributed by atoms with Crippen molar-refractivity contribution in [2.45, 2.75) is 43.9 Å². The van der Waals surface area contributed by atoms with Crippen LogP contribution in [0.3, 0.4) is 0 Å². The van der Waals surface area contributed by atoms with Gasteiger partial charge in [-0.2, -0.15) is 0 Å². The molecule has 0 atom stereocenters. The molecular formula is C103H70N2O2. The SMILES string of the molecule is CC1(C)c2cc(-c3ccc(-c4ccccc4)c(N(c4ccc5c(c4)C(C)(C)c4ccccc4-5)c4ccc5c(c4)C4(c6ccccc6-c6ccccc64)c4ccccc4-5)c3)ccc2-c2ccc(N(c3ccc(-c4cccc5c4oc4ccccc45)cc3)c3ccc(-c4cccc5c4oc4ccccc45)cc3)cc21. The lowest BCUT2D eigenvalue weighted by Crippen LogP contribution is -2.26. The average Bonchev–Trinajstić information content (AvgIpc) is 1.51. The summed E-state index contributed by atoms with van der Waals surface area (Å²) < 4.78 is 13.2. The van der Waals surface area contributed by atoms with E-state index in [0.29, 0.717) is 0 Å². The second kappa shape index (κ2) is 22.9. The summed E-state index contributed by atoms with van der Waals surface area (Å²) in [6.07, 6.45) is 0. The van der Waals surface area contributed by atoms with Gasteiger partial charge in [0.05, 0.1) is 11.1 Å². The second-order valence-electron chi connectivity index (χ2n) is 30.6.